The molecule has 0 aliphatic carbocycles. The van der Waals surface area contributed by atoms with Crippen LogP contribution in [0, 0.1) is 0 Å². The van der Waals surface area contributed by atoms with Crippen molar-refractivity contribution >= 4 is 34.4 Å². The normalized spacial score (nSPS) is 13.3. The van der Waals surface area contributed by atoms with Crippen LogP contribution in [-0.2, 0) is 24.7 Å². The number of aromatic amines is 1. The third-order valence-corrected chi connectivity index (χ3v) is 4.80. The third kappa shape index (κ3) is 2.45. The first-order valence-electron chi connectivity index (χ1n) is 8.62. The molecule has 8 nitrogen and oxygen atoms in total. The number of carbonyl (C=O) groups is 2. The summed E-state index contributed by atoms with van der Waals surface area (Å²) in [4.78, 5) is 26.1. The lowest BCUT2D eigenvalue weighted by Gasteiger charge is -2.14. The van der Waals surface area contributed by atoms with E-state index in [-0.39, 0.29) is 11.8 Å². The summed E-state index contributed by atoms with van der Waals surface area (Å²) in [6, 6.07) is 5.43. The van der Waals surface area contributed by atoms with Gasteiger partial charge in [0.05, 0.1) is 11.1 Å². The van der Waals surface area contributed by atoms with Crippen LogP contribution in [0.1, 0.15) is 35.5 Å². The van der Waals surface area contributed by atoms with Crippen LogP contribution in [0.5, 0.6) is 0 Å². The molecule has 0 unspecified atom stereocenters. The number of nitrogens with zero attached hydrogens (tertiary/aromatic N) is 4. The molecule has 0 fully saturated rings. The standard InChI is InChI=1S/C18H20N6O2/c1-4-13-15-16(20-21-17(15)23(3)22-13)19-18(26)12-5-6-14-11(9-12)7-8-24(14)10(2)25/h5-6,9H,4,7-8H2,1-3H3,(H2,19,20,21,26). The Kier molecular flexibility index (Phi) is 3.75. The van der Waals surface area contributed by atoms with E-state index in [2.05, 4.69) is 20.6 Å². The van der Waals surface area contributed by atoms with E-state index < -0.39 is 0 Å². The molecule has 4 rings (SSSR count). The maximum Gasteiger partial charge on any atom is 0.256 e. The summed E-state index contributed by atoms with van der Waals surface area (Å²) < 4.78 is 1.70. The fraction of sp³-hybridized carbons (Fsp3) is 0.333. The number of hydrogen-bond acceptors (Lipinski definition) is 4. The molecule has 0 radical (unpaired) electrons. The predicted octanol–water partition coefficient (Wildman–Crippen LogP) is 2.02. The van der Waals surface area contributed by atoms with Crippen molar-refractivity contribution in [1.82, 2.24) is 20.0 Å². The molecule has 0 bridgehead atoms. The molecular weight excluding hydrogens is 332 g/mol. The van der Waals surface area contributed by atoms with Gasteiger partial charge in [0.15, 0.2) is 5.65 Å². The maximum absolute atomic E-state index is 12.7. The van der Waals surface area contributed by atoms with Gasteiger partial charge in [-0.2, -0.15) is 10.2 Å². The molecule has 0 saturated heterocycles. The van der Waals surface area contributed by atoms with E-state index in [1.54, 1.807) is 22.6 Å². The highest BCUT2D eigenvalue weighted by molar-refractivity contribution is 6.08. The molecule has 3 heterocycles. The van der Waals surface area contributed by atoms with Crippen LogP contribution < -0.4 is 10.2 Å². The first-order chi connectivity index (χ1) is 12.5. The van der Waals surface area contributed by atoms with Gasteiger partial charge in [-0.05, 0) is 36.6 Å². The van der Waals surface area contributed by atoms with Crippen molar-refractivity contribution < 1.29 is 9.59 Å². The van der Waals surface area contributed by atoms with Gasteiger partial charge in [-0.25, -0.2) is 4.68 Å². The van der Waals surface area contributed by atoms with Gasteiger partial charge in [-0.1, -0.05) is 6.92 Å². The zero-order valence-corrected chi connectivity index (χ0v) is 15.0. The number of carbonyl (C=O) groups excluding carboxylic acids is 2. The monoisotopic (exact) mass is 352 g/mol. The molecule has 3 aromatic rings. The minimum atomic E-state index is -0.217. The number of anilines is 2. The smallest absolute Gasteiger partial charge is 0.256 e. The van der Waals surface area contributed by atoms with Crippen molar-refractivity contribution in [3.63, 3.8) is 0 Å². The number of rotatable bonds is 3. The van der Waals surface area contributed by atoms with E-state index in [1.807, 2.05) is 26.1 Å². The second-order valence-electron chi connectivity index (χ2n) is 6.44. The number of H-pyrrole nitrogens is 1. The van der Waals surface area contributed by atoms with Gasteiger partial charge in [-0.15, -0.1) is 0 Å². The minimum absolute atomic E-state index is 0.0180. The molecule has 1 aliphatic heterocycles. The molecule has 0 spiro atoms. The Hall–Kier alpha value is -3.16. The summed E-state index contributed by atoms with van der Waals surface area (Å²) in [5.41, 5.74) is 4.05. The molecule has 0 saturated carbocycles. The molecule has 1 aromatic carbocycles. The number of benzene rings is 1. The molecule has 26 heavy (non-hydrogen) atoms. The van der Waals surface area contributed by atoms with Crippen molar-refractivity contribution in [1.29, 1.82) is 0 Å². The second-order valence-corrected chi connectivity index (χ2v) is 6.44. The highest BCUT2D eigenvalue weighted by Gasteiger charge is 2.24. The third-order valence-electron chi connectivity index (χ3n) is 4.80. The van der Waals surface area contributed by atoms with Crippen LogP contribution in [0.2, 0.25) is 0 Å². The van der Waals surface area contributed by atoms with Crippen LogP contribution in [0.4, 0.5) is 11.5 Å². The Morgan fingerprint density at radius 1 is 1.35 bits per heavy atom. The van der Waals surface area contributed by atoms with Crippen LogP contribution >= 0.6 is 0 Å². The van der Waals surface area contributed by atoms with E-state index in [9.17, 15) is 9.59 Å². The number of nitrogens with one attached hydrogen (secondary N) is 2. The Labute approximate surface area is 150 Å². The van der Waals surface area contributed by atoms with Gasteiger partial charge in [0.1, 0.15) is 5.82 Å². The Morgan fingerprint density at radius 3 is 2.88 bits per heavy atom. The molecule has 2 aromatic heterocycles. The average molecular weight is 352 g/mol. The number of amides is 2. The molecule has 2 amide bonds. The lowest BCUT2D eigenvalue weighted by atomic mass is 10.1. The van der Waals surface area contributed by atoms with Gasteiger partial charge < -0.3 is 10.2 Å². The number of hydrogen-bond donors (Lipinski definition) is 2. The minimum Gasteiger partial charge on any atom is -0.312 e. The van der Waals surface area contributed by atoms with Gasteiger partial charge in [0.2, 0.25) is 5.91 Å². The summed E-state index contributed by atoms with van der Waals surface area (Å²) in [7, 11) is 1.83. The van der Waals surface area contributed by atoms with E-state index in [0.29, 0.717) is 23.6 Å². The fourth-order valence-corrected chi connectivity index (χ4v) is 3.51. The highest BCUT2D eigenvalue weighted by atomic mass is 16.2. The molecular formula is C18H20N6O2. The Morgan fingerprint density at radius 2 is 2.15 bits per heavy atom. The van der Waals surface area contributed by atoms with E-state index in [4.69, 9.17) is 0 Å². The summed E-state index contributed by atoms with van der Waals surface area (Å²) in [5.74, 6) is 0.357. The highest BCUT2D eigenvalue weighted by Crippen LogP contribution is 2.30. The predicted molar refractivity (Wildman–Crippen MR) is 98.4 cm³/mol. The van der Waals surface area contributed by atoms with Crippen molar-refractivity contribution in [3.05, 3.63) is 35.0 Å². The second kappa shape index (κ2) is 5.98. The molecule has 8 heteroatoms. The van der Waals surface area contributed by atoms with Crippen LogP contribution in [0.15, 0.2) is 18.2 Å². The van der Waals surface area contributed by atoms with Crippen molar-refractivity contribution in [3.8, 4) is 0 Å². The van der Waals surface area contributed by atoms with Crippen LogP contribution in [-0.4, -0.2) is 38.3 Å². The van der Waals surface area contributed by atoms with Crippen LogP contribution in [0.3, 0.4) is 0 Å². The van der Waals surface area contributed by atoms with Crippen molar-refractivity contribution in [2.75, 3.05) is 16.8 Å². The molecule has 0 atom stereocenters. The molecule has 1 aliphatic rings. The van der Waals surface area contributed by atoms with E-state index in [1.165, 1.54) is 0 Å². The Balaban J connectivity index is 1.63. The zero-order chi connectivity index (χ0) is 18.4. The molecule has 134 valence electrons. The number of aromatic nitrogens is 4. The first kappa shape index (κ1) is 16.3. The SMILES string of the molecule is CCc1nn(C)c2n[nH]c(NC(=O)c3ccc4c(c3)CCN4C(C)=O)c12. The van der Waals surface area contributed by atoms with E-state index in [0.717, 1.165) is 35.2 Å². The number of fused-ring (bicyclic) bond motifs is 2. The topological polar surface area (TPSA) is 95.9 Å². The van der Waals surface area contributed by atoms with Crippen molar-refractivity contribution in [2.24, 2.45) is 7.05 Å². The first-order valence-corrected chi connectivity index (χ1v) is 8.62. The summed E-state index contributed by atoms with van der Waals surface area (Å²) >= 11 is 0. The van der Waals surface area contributed by atoms with Crippen LogP contribution in [0.25, 0.3) is 11.0 Å². The molecule has 2 N–H and O–H groups in total. The summed E-state index contributed by atoms with van der Waals surface area (Å²) in [6.07, 6.45) is 1.51. The van der Waals surface area contributed by atoms with Gasteiger partial charge in [-0.3, -0.25) is 14.7 Å². The summed E-state index contributed by atoms with van der Waals surface area (Å²) in [6.45, 7) is 4.23. The zero-order valence-electron chi connectivity index (χ0n) is 15.0. The fourth-order valence-electron chi connectivity index (χ4n) is 3.51. The van der Waals surface area contributed by atoms with Crippen molar-refractivity contribution in [2.45, 2.75) is 26.7 Å². The maximum atomic E-state index is 12.7. The number of aryl methyl sites for hydroxylation is 2. The lowest BCUT2D eigenvalue weighted by molar-refractivity contribution is -0.116. The van der Waals surface area contributed by atoms with Gasteiger partial charge in [0.25, 0.3) is 5.91 Å². The van der Waals surface area contributed by atoms with E-state index >= 15 is 0 Å². The largest absolute Gasteiger partial charge is 0.312 e. The van der Waals surface area contributed by atoms with Gasteiger partial charge >= 0.3 is 0 Å². The lowest BCUT2D eigenvalue weighted by Crippen LogP contribution is -2.25. The Bertz CT molecular complexity index is 1030. The quantitative estimate of drug-likeness (QED) is 0.754. The average Bonchev–Trinajstić information content (AvgIpc) is 3.30. The van der Waals surface area contributed by atoms with Gasteiger partial charge in [0, 0.05) is 31.8 Å². The summed E-state index contributed by atoms with van der Waals surface area (Å²) in [5, 5.41) is 15.3.